The van der Waals surface area contributed by atoms with Crippen molar-refractivity contribution in [3.8, 4) is 27.9 Å². The summed E-state index contributed by atoms with van der Waals surface area (Å²) >= 11 is 0. The Morgan fingerprint density at radius 3 is 1.45 bits per heavy atom. The van der Waals surface area contributed by atoms with E-state index in [0.717, 1.165) is 22.7 Å². The van der Waals surface area contributed by atoms with E-state index in [1.807, 2.05) is 0 Å². The Bertz CT molecular complexity index is 3250. The highest BCUT2D eigenvalue weighted by Gasteiger charge is 2.18. The first-order valence-corrected chi connectivity index (χ1v) is 19.2. The van der Waals surface area contributed by atoms with Gasteiger partial charge in [0, 0.05) is 33.5 Å². The maximum Gasteiger partial charge on any atom is 0.0542 e. The van der Waals surface area contributed by atoms with Crippen molar-refractivity contribution in [1.82, 2.24) is 4.57 Å². The van der Waals surface area contributed by atoms with Gasteiger partial charge in [0.1, 0.15) is 0 Å². The van der Waals surface area contributed by atoms with Crippen LogP contribution in [0.15, 0.2) is 218 Å². The quantitative estimate of drug-likeness (QED) is 0.167. The van der Waals surface area contributed by atoms with Crippen molar-refractivity contribution >= 4 is 71.2 Å². The van der Waals surface area contributed by atoms with Gasteiger partial charge in [-0.2, -0.15) is 0 Å². The van der Waals surface area contributed by atoms with Crippen molar-refractivity contribution in [2.75, 3.05) is 4.90 Å². The molecule has 1 aromatic heterocycles. The average molecular weight is 713 g/mol. The van der Waals surface area contributed by atoms with Gasteiger partial charge in [0.05, 0.1) is 11.0 Å². The third kappa shape index (κ3) is 5.51. The lowest BCUT2D eigenvalue weighted by molar-refractivity contribution is 1.18. The van der Waals surface area contributed by atoms with E-state index in [0.29, 0.717) is 0 Å². The minimum atomic E-state index is 1.11. The number of benzene rings is 10. The van der Waals surface area contributed by atoms with E-state index in [2.05, 4.69) is 228 Å². The molecule has 0 atom stereocenters. The highest BCUT2D eigenvalue weighted by atomic mass is 15.1. The van der Waals surface area contributed by atoms with E-state index in [9.17, 15) is 0 Å². The van der Waals surface area contributed by atoms with Gasteiger partial charge in [-0.15, -0.1) is 0 Å². The number of nitrogens with zero attached hydrogens (tertiary/aromatic N) is 2. The summed E-state index contributed by atoms with van der Waals surface area (Å²) < 4.78 is 2.37. The lowest BCUT2D eigenvalue weighted by Crippen LogP contribution is -2.10. The third-order valence-electron chi connectivity index (χ3n) is 11.3. The van der Waals surface area contributed by atoms with Crippen molar-refractivity contribution in [3.05, 3.63) is 218 Å². The van der Waals surface area contributed by atoms with E-state index in [1.165, 1.54) is 76.4 Å². The summed E-state index contributed by atoms with van der Waals surface area (Å²) in [6.07, 6.45) is 0. The first kappa shape index (κ1) is 32.0. The molecular weight excluding hydrogens is 677 g/mol. The van der Waals surface area contributed by atoms with Gasteiger partial charge in [-0.1, -0.05) is 140 Å². The number of rotatable bonds is 6. The molecule has 0 unspecified atom stereocenters. The van der Waals surface area contributed by atoms with Gasteiger partial charge in [0.25, 0.3) is 0 Å². The number of hydrogen-bond donors (Lipinski definition) is 0. The minimum absolute atomic E-state index is 1.11. The molecule has 262 valence electrons. The zero-order valence-electron chi connectivity index (χ0n) is 30.7. The lowest BCUT2D eigenvalue weighted by atomic mass is 9.96. The Labute approximate surface area is 325 Å². The van der Waals surface area contributed by atoms with Gasteiger partial charge in [-0.25, -0.2) is 0 Å². The molecule has 10 aromatic carbocycles. The molecule has 2 nitrogen and oxygen atoms in total. The van der Waals surface area contributed by atoms with Gasteiger partial charge in [-0.3, -0.25) is 0 Å². The van der Waals surface area contributed by atoms with Crippen molar-refractivity contribution in [1.29, 1.82) is 0 Å². The summed E-state index contributed by atoms with van der Waals surface area (Å²) in [4.78, 5) is 2.39. The molecule has 56 heavy (non-hydrogen) atoms. The summed E-state index contributed by atoms with van der Waals surface area (Å²) in [5.41, 5.74) is 11.7. The molecule has 11 rings (SSSR count). The monoisotopic (exact) mass is 712 g/mol. The zero-order chi connectivity index (χ0) is 37.0. The Hall–Kier alpha value is -7.42. The number of aromatic nitrogens is 1. The van der Waals surface area contributed by atoms with E-state index in [-0.39, 0.29) is 0 Å². The smallest absolute Gasteiger partial charge is 0.0542 e. The lowest BCUT2D eigenvalue weighted by Gasteiger charge is -2.26. The van der Waals surface area contributed by atoms with Gasteiger partial charge in [0.15, 0.2) is 0 Å². The number of fused-ring (bicyclic) bond motifs is 6. The Kier molecular flexibility index (Phi) is 7.53. The molecule has 0 N–H and O–H groups in total. The summed E-state index contributed by atoms with van der Waals surface area (Å²) in [6.45, 7) is 0. The van der Waals surface area contributed by atoms with Crippen molar-refractivity contribution < 1.29 is 0 Å². The molecular formula is C54H36N2. The second-order valence-corrected chi connectivity index (χ2v) is 14.6. The molecule has 1 heterocycles. The molecule has 2 heteroatoms. The summed E-state index contributed by atoms with van der Waals surface area (Å²) in [7, 11) is 0. The molecule has 11 aromatic rings. The largest absolute Gasteiger partial charge is 0.310 e. The van der Waals surface area contributed by atoms with Crippen molar-refractivity contribution in [2.45, 2.75) is 0 Å². The van der Waals surface area contributed by atoms with Crippen LogP contribution in [0, 0.1) is 0 Å². The van der Waals surface area contributed by atoms with Crippen LogP contribution >= 0.6 is 0 Å². The van der Waals surface area contributed by atoms with Crippen LogP contribution in [-0.4, -0.2) is 4.57 Å². The van der Waals surface area contributed by atoms with Gasteiger partial charge in [0.2, 0.25) is 0 Å². The summed E-state index contributed by atoms with van der Waals surface area (Å²) in [6, 6.07) is 79.6. The van der Waals surface area contributed by atoms with Gasteiger partial charge in [-0.05, 0) is 133 Å². The van der Waals surface area contributed by atoms with E-state index >= 15 is 0 Å². The van der Waals surface area contributed by atoms with Crippen LogP contribution in [0.5, 0.6) is 0 Å². The van der Waals surface area contributed by atoms with Crippen LogP contribution < -0.4 is 4.90 Å². The van der Waals surface area contributed by atoms with Crippen LogP contribution in [-0.2, 0) is 0 Å². The number of para-hydroxylation sites is 2. The fraction of sp³-hybridized carbons (Fsp3) is 0. The molecule has 0 aliphatic heterocycles. The van der Waals surface area contributed by atoms with Crippen LogP contribution in [0.4, 0.5) is 17.1 Å². The Balaban J connectivity index is 1.01. The summed E-state index contributed by atoms with van der Waals surface area (Å²) in [5, 5.41) is 9.90. The molecule has 0 amide bonds. The van der Waals surface area contributed by atoms with Crippen LogP contribution in [0.1, 0.15) is 0 Å². The molecule has 0 radical (unpaired) electrons. The van der Waals surface area contributed by atoms with Crippen LogP contribution in [0.3, 0.4) is 0 Å². The zero-order valence-corrected chi connectivity index (χ0v) is 30.7. The molecule has 0 fully saturated rings. The van der Waals surface area contributed by atoms with E-state index in [4.69, 9.17) is 0 Å². The van der Waals surface area contributed by atoms with Crippen molar-refractivity contribution in [3.63, 3.8) is 0 Å². The van der Waals surface area contributed by atoms with Crippen LogP contribution in [0.25, 0.3) is 82.1 Å². The second kappa shape index (κ2) is 13.2. The minimum Gasteiger partial charge on any atom is -0.310 e. The Morgan fingerprint density at radius 1 is 0.268 bits per heavy atom. The fourth-order valence-electron chi connectivity index (χ4n) is 8.50. The predicted octanol–water partition coefficient (Wildman–Crippen LogP) is 15.0. The Morgan fingerprint density at radius 2 is 0.732 bits per heavy atom. The SMILES string of the molecule is c1ccc(-n2c3ccccc3c3cc(N(c4ccc(-c5ccc6ccc(-c7ccc8ccccc8c7)cc6c5)cc4)c4ccc5ccccc5c4)ccc32)cc1. The normalized spacial score (nSPS) is 11.6. The second-order valence-electron chi connectivity index (χ2n) is 14.6. The highest BCUT2D eigenvalue weighted by molar-refractivity contribution is 6.11. The number of anilines is 3. The molecule has 0 aliphatic carbocycles. The topological polar surface area (TPSA) is 8.17 Å². The van der Waals surface area contributed by atoms with Crippen LogP contribution in [0.2, 0.25) is 0 Å². The fourth-order valence-corrected chi connectivity index (χ4v) is 8.50. The molecule has 0 spiro atoms. The molecule has 0 aliphatic rings. The van der Waals surface area contributed by atoms with Crippen molar-refractivity contribution in [2.24, 2.45) is 0 Å². The van der Waals surface area contributed by atoms with Gasteiger partial charge < -0.3 is 9.47 Å². The van der Waals surface area contributed by atoms with Gasteiger partial charge >= 0.3 is 0 Å². The maximum absolute atomic E-state index is 2.39. The molecule has 0 bridgehead atoms. The average Bonchev–Trinajstić information content (AvgIpc) is 3.60. The first-order chi connectivity index (χ1) is 27.7. The summed E-state index contributed by atoms with van der Waals surface area (Å²) in [5.74, 6) is 0. The third-order valence-corrected chi connectivity index (χ3v) is 11.3. The predicted molar refractivity (Wildman–Crippen MR) is 239 cm³/mol. The first-order valence-electron chi connectivity index (χ1n) is 19.2. The molecule has 0 saturated heterocycles. The van der Waals surface area contributed by atoms with E-state index in [1.54, 1.807) is 0 Å². The standard InChI is InChI=1S/C54H36N2/c1-2-14-47(15-3-1)56-53-17-9-8-16-51(53)52-36-50(30-31-54(52)56)55(49-29-26-38-11-5-7-13-42(38)35-49)48-27-24-39(25-28-48)43-21-19-40-20-23-45(34-46(40)33-43)44-22-18-37-10-4-6-12-41(37)32-44/h1-36H. The van der Waals surface area contributed by atoms with E-state index < -0.39 is 0 Å². The number of hydrogen-bond acceptors (Lipinski definition) is 1. The highest BCUT2D eigenvalue weighted by Crippen LogP contribution is 2.41. The maximum atomic E-state index is 2.39. The molecule has 0 saturated carbocycles.